The first-order valence-electron chi connectivity index (χ1n) is 8.02. The molecule has 118 valence electrons. The zero-order valence-electron chi connectivity index (χ0n) is 13.5. The van der Waals surface area contributed by atoms with E-state index in [0.717, 1.165) is 22.6 Å². The second-order valence-electron chi connectivity index (χ2n) is 5.78. The Bertz CT molecular complexity index is 881. The minimum Gasteiger partial charge on any atom is -0.497 e. The van der Waals surface area contributed by atoms with Gasteiger partial charge in [0, 0.05) is 16.7 Å². The number of benzene rings is 3. The number of ether oxygens (including phenoxy) is 2. The minimum absolute atomic E-state index is 0.142. The predicted octanol–water partition coefficient (Wildman–Crippen LogP) is 5.31. The fourth-order valence-corrected chi connectivity index (χ4v) is 3.05. The number of fused-ring (bicyclic) bond motifs is 1. The van der Waals surface area contributed by atoms with Crippen LogP contribution in [0.15, 0.2) is 78.9 Å². The smallest absolute Gasteiger partial charge is 0.150 e. The molecule has 0 amide bonds. The first-order valence-corrected chi connectivity index (χ1v) is 8.02. The standard InChI is InChI=1S/C22H18O2/c1-23-19-12-7-11-18(14-19)22-20-13-6-5-10-17(20)15-21(24-22)16-8-3-2-4-9-16/h2-15,22H,1H3/t22-/m0/s1. The third-order valence-corrected chi connectivity index (χ3v) is 4.26. The van der Waals surface area contributed by atoms with E-state index in [4.69, 9.17) is 9.47 Å². The van der Waals surface area contributed by atoms with Gasteiger partial charge >= 0.3 is 0 Å². The molecule has 24 heavy (non-hydrogen) atoms. The maximum Gasteiger partial charge on any atom is 0.150 e. The summed E-state index contributed by atoms with van der Waals surface area (Å²) in [7, 11) is 1.68. The molecular weight excluding hydrogens is 296 g/mol. The van der Waals surface area contributed by atoms with E-state index in [1.165, 1.54) is 11.1 Å². The van der Waals surface area contributed by atoms with Crippen molar-refractivity contribution in [2.24, 2.45) is 0 Å². The topological polar surface area (TPSA) is 18.5 Å². The van der Waals surface area contributed by atoms with E-state index < -0.39 is 0 Å². The van der Waals surface area contributed by atoms with Gasteiger partial charge in [-0.05, 0) is 23.8 Å². The Labute approximate surface area is 142 Å². The minimum atomic E-state index is -0.142. The van der Waals surface area contributed by atoms with Gasteiger partial charge in [-0.3, -0.25) is 0 Å². The molecule has 4 rings (SSSR count). The Morgan fingerprint density at radius 2 is 1.62 bits per heavy atom. The normalized spacial score (nSPS) is 15.9. The lowest BCUT2D eigenvalue weighted by Crippen LogP contribution is -2.11. The summed E-state index contributed by atoms with van der Waals surface area (Å²) >= 11 is 0. The van der Waals surface area contributed by atoms with Crippen molar-refractivity contribution < 1.29 is 9.47 Å². The van der Waals surface area contributed by atoms with E-state index in [1.807, 2.05) is 36.4 Å². The van der Waals surface area contributed by atoms with Crippen LogP contribution in [-0.4, -0.2) is 7.11 Å². The molecule has 0 saturated carbocycles. The lowest BCUT2D eigenvalue weighted by Gasteiger charge is -2.28. The Morgan fingerprint density at radius 1 is 0.833 bits per heavy atom. The molecule has 0 saturated heterocycles. The Kier molecular flexibility index (Phi) is 3.80. The fraction of sp³-hybridized carbons (Fsp3) is 0.0909. The van der Waals surface area contributed by atoms with Gasteiger partial charge in [0.05, 0.1) is 7.11 Å². The van der Waals surface area contributed by atoms with Gasteiger partial charge in [0.25, 0.3) is 0 Å². The molecule has 3 aromatic carbocycles. The molecule has 2 heteroatoms. The molecule has 0 fully saturated rings. The van der Waals surface area contributed by atoms with Gasteiger partial charge in [-0.1, -0.05) is 66.7 Å². The third kappa shape index (κ3) is 2.67. The van der Waals surface area contributed by atoms with Crippen molar-refractivity contribution in [2.75, 3.05) is 7.11 Å². The summed E-state index contributed by atoms with van der Waals surface area (Å²) in [6.07, 6.45) is 1.97. The van der Waals surface area contributed by atoms with Crippen LogP contribution in [0.2, 0.25) is 0 Å². The van der Waals surface area contributed by atoms with Crippen molar-refractivity contribution in [1.29, 1.82) is 0 Å². The van der Waals surface area contributed by atoms with Crippen molar-refractivity contribution in [1.82, 2.24) is 0 Å². The lowest BCUT2D eigenvalue weighted by atomic mass is 9.93. The van der Waals surface area contributed by atoms with Crippen LogP contribution in [0.4, 0.5) is 0 Å². The van der Waals surface area contributed by atoms with Crippen molar-refractivity contribution >= 4 is 11.8 Å². The van der Waals surface area contributed by atoms with E-state index >= 15 is 0 Å². The van der Waals surface area contributed by atoms with E-state index in [0.29, 0.717) is 0 Å². The van der Waals surface area contributed by atoms with Crippen molar-refractivity contribution in [3.63, 3.8) is 0 Å². The number of hydrogen-bond donors (Lipinski definition) is 0. The molecule has 0 bridgehead atoms. The predicted molar refractivity (Wildman–Crippen MR) is 96.7 cm³/mol. The first-order chi connectivity index (χ1) is 11.8. The number of hydrogen-bond acceptors (Lipinski definition) is 2. The van der Waals surface area contributed by atoms with Crippen molar-refractivity contribution in [3.8, 4) is 5.75 Å². The van der Waals surface area contributed by atoms with Crippen molar-refractivity contribution in [3.05, 3.63) is 101 Å². The molecule has 0 radical (unpaired) electrons. The van der Waals surface area contributed by atoms with Gasteiger partial charge in [0.1, 0.15) is 17.6 Å². The average Bonchev–Trinajstić information content (AvgIpc) is 2.68. The molecule has 1 aliphatic rings. The van der Waals surface area contributed by atoms with E-state index in [1.54, 1.807) is 7.11 Å². The van der Waals surface area contributed by atoms with Crippen LogP contribution in [0, 0.1) is 0 Å². The molecule has 1 atom stereocenters. The second kappa shape index (κ2) is 6.25. The second-order valence-corrected chi connectivity index (χ2v) is 5.78. The SMILES string of the molecule is COc1cccc([C@@H]2OC(c3ccccc3)=Cc3ccccc32)c1. The van der Waals surface area contributed by atoms with Gasteiger partial charge < -0.3 is 9.47 Å². The molecule has 1 aliphatic heterocycles. The van der Waals surface area contributed by atoms with Gasteiger partial charge in [-0.25, -0.2) is 0 Å². The highest BCUT2D eigenvalue weighted by molar-refractivity contribution is 5.80. The van der Waals surface area contributed by atoms with Gasteiger partial charge in [0.2, 0.25) is 0 Å². The van der Waals surface area contributed by atoms with Crippen LogP contribution >= 0.6 is 0 Å². The van der Waals surface area contributed by atoms with Crippen LogP contribution in [-0.2, 0) is 4.74 Å². The molecule has 0 aromatic heterocycles. The monoisotopic (exact) mass is 314 g/mol. The summed E-state index contributed by atoms with van der Waals surface area (Å²) in [4.78, 5) is 0. The quantitative estimate of drug-likeness (QED) is 0.652. The highest BCUT2D eigenvalue weighted by Gasteiger charge is 2.24. The average molecular weight is 314 g/mol. The maximum absolute atomic E-state index is 6.39. The summed E-state index contributed by atoms with van der Waals surface area (Å²) < 4.78 is 11.8. The van der Waals surface area contributed by atoms with Gasteiger partial charge in [0.15, 0.2) is 0 Å². The van der Waals surface area contributed by atoms with E-state index in [2.05, 4.69) is 48.5 Å². The third-order valence-electron chi connectivity index (χ3n) is 4.26. The highest BCUT2D eigenvalue weighted by Crippen LogP contribution is 2.39. The van der Waals surface area contributed by atoms with Crippen molar-refractivity contribution in [2.45, 2.75) is 6.10 Å². The summed E-state index contributed by atoms with van der Waals surface area (Å²) in [5.74, 6) is 1.73. The van der Waals surface area contributed by atoms with E-state index in [9.17, 15) is 0 Å². The molecule has 0 spiro atoms. The highest BCUT2D eigenvalue weighted by atomic mass is 16.5. The van der Waals surface area contributed by atoms with Crippen LogP contribution < -0.4 is 4.74 Å². The number of rotatable bonds is 3. The summed E-state index contributed by atoms with van der Waals surface area (Å²) in [6.45, 7) is 0. The van der Waals surface area contributed by atoms with Crippen LogP contribution in [0.1, 0.15) is 28.4 Å². The number of methoxy groups -OCH3 is 1. The summed E-state index contributed by atoms with van der Waals surface area (Å²) in [5, 5.41) is 0. The zero-order chi connectivity index (χ0) is 16.4. The zero-order valence-corrected chi connectivity index (χ0v) is 13.5. The van der Waals surface area contributed by atoms with Crippen LogP contribution in [0.3, 0.4) is 0 Å². The van der Waals surface area contributed by atoms with E-state index in [-0.39, 0.29) is 6.10 Å². The molecule has 0 unspecified atom stereocenters. The van der Waals surface area contributed by atoms with Crippen LogP contribution in [0.25, 0.3) is 11.8 Å². The molecule has 1 heterocycles. The summed E-state index contributed by atoms with van der Waals surface area (Å²) in [5.41, 5.74) is 4.53. The largest absolute Gasteiger partial charge is 0.497 e. The molecule has 3 aromatic rings. The maximum atomic E-state index is 6.39. The molecule has 0 N–H and O–H groups in total. The Balaban J connectivity index is 1.82. The molecule has 0 aliphatic carbocycles. The Hall–Kier alpha value is -3.00. The van der Waals surface area contributed by atoms with Gasteiger partial charge in [-0.15, -0.1) is 0 Å². The van der Waals surface area contributed by atoms with Crippen LogP contribution in [0.5, 0.6) is 5.75 Å². The Morgan fingerprint density at radius 3 is 2.46 bits per heavy atom. The first kappa shape index (κ1) is 14.6. The van der Waals surface area contributed by atoms with Gasteiger partial charge in [-0.2, -0.15) is 0 Å². The molecule has 2 nitrogen and oxygen atoms in total. The fourth-order valence-electron chi connectivity index (χ4n) is 3.05. The summed E-state index contributed by atoms with van der Waals surface area (Å²) in [6, 6.07) is 26.7. The lowest BCUT2D eigenvalue weighted by molar-refractivity contribution is 0.205. The molecular formula is C22H18O2.